The first-order chi connectivity index (χ1) is 26.5. The Morgan fingerprint density at radius 1 is 0.911 bits per heavy atom. The maximum atomic E-state index is 14.3. The molecule has 4 rings (SSSR count). The molecule has 0 aromatic carbocycles. The molecule has 0 radical (unpaired) electrons. The number of ketones is 2. The first-order valence-corrected chi connectivity index (χ1v) is 20.8. The fourth-order valence-corrected chi connectivity index (χ4v) is 9.39. The number of carbonyl (C=O) groups is 4. The minimum Gasteiger partial charge on any atom is -0.456 e. The summed E-state index contributed by atoms with van der Waals surface area (Å²) >= 11 is 0. The van der Waals surface area contributed by atoms with Gasteiger partial charge in [0.25, 0.3) is 11.7 Å². The van der Waals surface area contributed by atoms with E-state index in [0.29, 0.717) is 56.9 Å². The molecule has 3 fully saturated rings. The van der Waals surface area contributed by atoms with E-state index in [-0.39, 0.29) is 49.5 Å². The predicted octanol–water partition coefficient (Wildman–Crippen LogP) is 4.47. The van der Waals surface area contributed by atoms with Crippen molar-refractivity contribution < 1.29 is 58.2 Å². The van der Waals surface area contributed by atoms with Gasteiger partial charge in [-0.15, -0.1) is 0 Å². The van der Waals surface area contributed by atoms with Crippen molar-refractivity contribution in [1.29, 1.82) is 0 Å². The number of nitrogens with zero attached hydrogens (tertiary/aromatic N) is 1. The number of aliphatic hydroxyl groups is 3. The van der Waals surface area contributed by atoms with Crippen molar-refractivity contribution in [3.63, 3.8) is 0 Å². The van der Waals surface area contributed by atoms with Crippen LogP contribution in [-0.2, 0) is 42.9 Å². The zero-order chi connectivity index (χ0) is 41.5. The molecular weight excluding hydrogens is 722 g/mol. The Bertz CT molecular complexity index is 1430. The summed E-state index contributed by atoms with van der Waals surface area (Å²) in [4.78, 5) is 57.6. The topological polar surface area (TPSA) is 178 Å². The SMILES string of the molecule is CCC1/C=C(\C)CC(C)CC(OC)C2OC(O)(C(=O)C(=O)N3CCCCC3C(=O)OC(/C(C)=C/C3CCC(O)C(OC)C3)C(C)C(O)CC1=O)C(C)CC2OC. The van der Waals surface area contributed by atoms with Crippen molar-refractivity contribution in [2.45, 2.75) is 167 Å². The summed E-state index contributed by atoms with van der Waals surface area (Å²) in [6, 6.07) is -1.13. The molecule has 318 valence electrons. The first-order valence-electron chi connectivity index (χ1n) is 20.8. The summed E-state index contributed by atoms with van der Waals surface area (Å²) in [6.45, 7) is 11.3. The molecule has 2 saturated heterocycles. The van der Waals surface area contributed by atoms with Crippen LogP contribution in [0.25, 0.3) is 0 Å². The Morgan fingerprint density at radius 2 is 1.57 bits per heavy atom. The summed E-state index contributed by atoms with van der Waals surface area (Å²) in [5.41, 5.74) is 1.66. The van der Waals surface area contributed by atoms with E-state index >= 15 is 0 Å². The van der Waals surface area contributed by atoms with Gasteiger partial charge < -0.3 is 43.9 Å². The van der Waals surface area contributed by atoms with E-state index in [2.05, 4.69) is 6.92 Å². The number of hydrogen-bond acceptors (Lipinski definition) is 12. The molecule has 2 bridgehead atoms. The molecule has 1 aliphatic carbocycles. The van der Waals surface area contributed by atoms with Crippen LogP contribution in [0.1, 0.15) is 112 Å². The highest BCUT2D eigenvalue weighted by molar-refractivity contribution is 6.39. The molecule has 14 atom stereocenters. The monoisotopic (exact) mass is 791 g/mol. The third kappa shape index (κ3) is 10.7. The molecule has 14 unspecified atom stereocenters. The van der Waals surface area contributed by atoms with Crippen molar-refractivity contribution in [3.05, 3.63) is 23.3 Å². The Kier molecular flexibility index (Phi) is 16.9. The lowest BCUT2D eigenvalue weighted by molar-refractivity contribution is -0.302. The predicted molar refractivity (Wildman–Crippen MR) is 208 cm³/mol. The van der Waals surface area contributed by atoms with Crippen LogP contribution in [0.15, 0.2) is 23.3 Å². The van der Waals surface area contributed by atoms with Crippen LogP contribution in [-0.4, -0.2) is 126 Å². The molecule has 0 spiro atoms. The van der Waals surface area contributed by atoms with Crippen molar-refractivity contribution in [2.75, 3.05) is 27.9 Å². The number of piperidine rings is 1. The molecule has 13 nitrogen and oxygen atoms in total. The molecule has 3 aliphatic heterocycles. The number of ether oxygens (including phenoxy) is 5. The quantitative estimate of drug-likeness (QED) is 0.196. The molecule has 3 N–H and O–H groups in total. The van der Waals surface area contributed by atoms with Gasteiger partial charge in [0.1, 0.15) is 24.0 Å². The molecule has 1 saturated carbocycles. The van der Waals surface area contributed by atoms with E-state index in [1.165, 1.54) is 19.1 Å². The highest BCUT2D eigenvalue weighted by Crippen LogP contribution is 2.39. The zero-order valence-electron chi connectivity index (χ0n) is 35.1. The molecule has 13 heteroatoms. The smallest absolute Gasteiger partial charge is 0.329 e. The third-order valence-corrected chi connectivity index (χ3v) is 12.9. The number of rotatable bonds is 6. The second-order valence-corrected chi connectivity index (χ2v) is 17.2. The van der Waals surface area contributed by atoms with Crippen molar-refractivity contribution >= 4 is 23.4 Å². The Labute approximate surface area is 333 Å². The minimum absolute atomic E-state index is 0.000914. The first kappa shape index (κ1) is 46.2. The summed E-state index contributed by atoms with van der Waals surface area (Å²) in [5, 5.41) is 34.1. The van der Waals surface area contributed by atoms with Gasteiger partial charge >= 0.3 is 5.97 Å². The van der Waals surface area contributed by atoms with Crippen molar-refractivity contribution in [1.82, 2.24) is 4.90 Å². The molecular formula is C43H69NO12. The van der Waals surface area contributed by atoms with Crippen LogP contribution < -0.4 is 0 Å². The zero-order valence-corrected chi connectivity index (χ0v) is 35.1. The van der Waals surface area contributed by atoms with Crippen LogP contribution in [0.5, 0.6) is 0 Å². The van der Waals surface area contributed by atoms with E-state index in [4.69, 9.17) is 23.7 Å². The maximum absolute atomic E-state index is 14.3. The third-order valence-electron chi connectivity index (χ3n) is 12.9. The maximum Gasteiger partial charge on any atom is 0.329 e. The molecule has 4 aliphatic rings. The van der Waals surface area contributed by atoms with Crippen molar-refractivity contribution in [3.8, 4) is 0 Å². The summed E-state index contributed by atoms with van der Waals surface area (Å²) in [6.07, 6.45) is 3.72. The lowest BCUT2D eigenvalue weighted by atomic mass is 9.81. The highest BCUT2D eigenvalue weighted by atomic mass is 16.7. The van der Waals surface area contributed by atoms with Gasteiger partial charge in [0.2, 0.25) is 5.79 Å². The van der Waals surface area contributed by atoms with E-state index in [9.17, 15) is 34.5 Å². The fourth-order valence-electron chi connectivity index (χ4n) is 9.39. The Hall–Kier alpha value is -2.52. The summed E-state index contributed by atoms with van der Waals surface area (Å²) in [5.74, 6) is -7.50. The number of cyclic esters (lactones) is 1. The van der Waals surface area contributed by atoms with Gasteiger partial charge in [-0.05, 0) is 95.5 Å². The van der Waals surface area contributed by atoms with E-state index in [1.807, 2.05) is 32.9 Å². The lowest BCUT2D eigenvalue weighted by Crippen LogP contribution is -2.64. The van der Waals surface area contributed by atoms with Gasteiger partial charge in [0.05, 0.1) is 30.5 Å². The Morgan fingerprint density at radius 3 is 2.21 bits per heavy atom. The normalized spacial score (nSPS) is 41.6. The molecule has 0 aromatic heterocycles. The molecule has 56 heavy (non-hydrogen) atoms. The molecule has 3 heterocycles. The van der Waals surface area contributed by atoms with Crippen LogP contribution >= 0.6 is 0 Å². The largest absolute Gasteiger partial charge is 0.456 e. The molecule has 0 aromatic rings. The number of allylic oxidation sites excluding steroid dienone is 3. The number of amides is 1. The summed E-state index contributed by atoms with van der Waals surface area (Å²) in [7, 11) is 4.63. The number of esters is 1. The van der Waals surface area contributed by atoms with Crippen LogP contribution in [0, 0.1) is 29.6 Å². The second kappa shape index (κ2) is 20.4. The van der Waals surface area contributed by atoms with Crippen LogP contribution in [0.2, 0.25) is 0 Å². The summed E-state index contributed by atoms with van der Waals surface area (Å²) < 4.78 is 29.7. The fraction of sp³-hybridized carbons (Fsp3) is 0.814. The van der Waals surface area contributed by atoms with Gasteiger partial charge in [0.15, 0.2) is 0 Å². The van der Waals surface area contributed by atoms with Gasteiger partial charge in [0, 0.05) is 52.0 Å². The van der Waals surface area contributed by atoms with E-state index < -0.39 is 83.9 Å². The van der Waals surface area contributed by atoms with Crippen LogP contribution in [0.3, 0.4) is 0 Å². The van der Waals surface area contributed by atoms with Crippen molar-refractivity contribution in [2.24, 2.45) is 29.6 Å². The number of hydrogen-bond donors (Lipinski definition) is 3. The van der Waals surface area contributed by atoms with Gasteiger partial charge in [-0.3, -0.25) is 14.4 Å². The van der Waals surface area contributed by atoms with Gasteiger partial charge in [-0.1, -0.05) is 45.4 Å². The second-order valence-electron chi connectivity index (χ2n) is 17.2. The lowest BCUT2D eigenvalue weighted by Gasteiger charge is -2.47. The average Bonchev–Trinajstić information content (AvgIpc) is 3.18. The number of methoxy groups -OCH3 is 3. The van der Waals surface area contributed by atoms with Gasteiger partial charge in [-0.25, -0.2) is 4.79 Å². The minimum atomic E-state index is -2.50. The number of carbonyl (C=O) groups excluding carboxylic acids is 4. The van der Waals surface area contributed by atoms with Gasteiger partial charge in [-0.2, -0.15) is 0 Å². The van der Waals surface area contributed by atoms with Crippen LogP contribution in [0.4, 0.5) is 0 Å². The number of aliphatic hydroxyl groups excluding tert-OH is 2. The average molecular weight is 792 g/mol. The van der Waals surface area contributed by atoms with E-state index in [1.54, 1.807) is 21.0 Å². The molecule has 1 amide bonds. The van der Waals surface area contributed by atoms with E-state index in [0.717, 1.165) is 5.57 Å². The number of Topliss-reactive ketones (excluding diaryl/α,β-unsaturated/α-hetero) is 2. The Balaban J connectivity index is 1.76. The standard InChI is InChI=1S/C43H69NO12/c1-10-30-18-24(2)17-25(3)19-36(53-8)39-37(54-9)21-27(5)43(51,56-39)40(48)41(49)44-16-12-11-13-31(44)42(50)55-38(28(6)33(46)23-34(30)47)26(4)20-29-14-15-32(45)35(22-29)52-7/h18,20,25,27-33,35-39,45-46,51H,10-17,19,21-23H2,1-9H3/b24-18+,26-20+. The highest BCUT2D eigenvalue weighted by Gasteiger charge is 2.56. The number of fused-ring (bicyclic) bond motifs is 3.